The molecule has 1 N–H and O–H groups in total. The minimum absolute atomic E-state index is 0.274. The normalized spacial score (nSPS) is 11.6. The van der Waals surface area contributed by atoms with Crippen LogP contribution in [0.5, 0.6) is 0 Å². The van der Waals surface area contributed by atoms with Gasteiger partial charge in [0, 0.05) is 28.3 Å². The van der Waals surface area contributed by atoms with Crippen LogP contribution in [-0.4, -0.2) is 12.1 Å². The molecule has 2 heterocycles. The molecule has 0 aliphatic carbocycles. The quantitative estimate of drug-likeness (QED) is 0.426. The molecule has 0 saturated carbocycles. The van der Waals surface area contributed by atoms with Gasteiger partial charge in [-0.05, 0) is 19.1 Å². The van der Waals surface area contributed by atoms with Crippen LogP contribution in [-0.2, 0) is 6.42 Å². The van der Waals surface area contributed by atoms with Gasteiger partial charge in [-0.3, -0.25) is 4.79 Å². The number of furan rings is 2. The summed E-state index contributed by atoms with van der Waals surface area (Å²) >= 11 is 0. The standard InChI is InChI=1S/C21H18N2O3/c1-3-17-16(15-9-5-7-11-19(15)25-17)12-22-23-21(24)20-13(2)14-8-4-6-10-18(14)26-20/h4-12H,3H2,1-2H3,(H,23,24)/b22-12-. The van der Waals surface area contributed by atoms with E-state index in [1.54, 1.807) is 6.21 Å². The maximum atomic E-state index is 12.4. The molecule has 4 rings (SSSR count). The molecule has 0 fully saturated rings. The predicted octanol–water partition coefficient (Wildman–Crippen LogP) is 4.81. The lowest BCUT2D eigenvalue weighted by Crippen LogP contribution is -2.17. The average Bonchev–Trinajstić information content (AvgIpc) is 3.20. The maximum Gasteiger partial charge on any atom is 0.307 e. The van der Waals surface area contributed by atoms with Gasteiger partial charge in [0.2, 0.25) is 0 Å². The molecule has 26 heavy (non-hydrogen) atoms. The molecule has 1 amide bonds. The Hall–Kier alpha value is -3.34. The summed E-state index contributed by atoms with van der Waals surface area (Å²) in [6.45, 7) is 3.88. The largest absolute Gasteiger partial charge is 0.460 e. The number of nitrogens with one attached hydrogen (secondary N) is 1. The molecule has 0 radical (unpaired) electrons. The zero-order valence-corrected chi connectivity index (χ0v) is 14.6. The number of para-hydroxylation sites is 2. The van der Waals surface area contributed by atoms with Crippen molar-refractivity contribution in [3.05, 3.63) is 71.2 Å². The molecule has 4 aromatic rings. The van der Waals surface area contributed by atoms with Crippen molar-refractivity contribution >= 4 is 34.1 Å². The number of rotatable bonds is 4. The Kier molecular flexibility index (Phi) is 4.05. The Labute approximate surface area is 150 Å². The van der Waals surface area contributed by atoms with E-state index >= 15 is 0 Å². The van der Waals surface area contributed by atoms with E-state index in [4.69, 9.17) is 8.83 Å². The minimum atomic E-state index is -0.374. The van der Waals surface area contributed by atoms with Crippen LogP contribution in [0.2, 0.25) is 0 Å². The van der Waals surface area contributed by atoms with Gasteiger partial charge in [0.25, 0.3) is 0 Å². The number of aryl methyl sites for hydroxylation is 2. The molecule has 0 aliphatic heterocycles. The molecule has 5 nitrogen and oxygen atoms in total. The smallest absolute Gasteiger partial charge is 0.307 e. The van der Waals surface area contributed by atoms with Crippen LogP contribution in [0.25, 0.3) is 21.9 Å². The van der Waals surface area contributed by atoms with Gasteiger partial charge in [0.05, 0.1) is 6.21 Å². The molecule has 0 atom stereocenters. The Morgan fingerprint density at radius 2 is 1.69 bits per heavy atom. The molecule has 2 aromatic carbocycles. The summed E-state index contributed by atoms with van der Waals surface area (Å²) in [4.78, 5) is 12.4. The van der Waals surface area contributed by atoms with Crippen molar-refractivity contribution in [2.24, 2.45) is 5.10 Å². The number of carbonyl (C=O) groups is 1. The SMILES string of the molecule is CCc1oc2ccccc2c1/C=N\NC(=O)c1oc2ccccc2c1C. The third-order valence-corrected chi connectivity index (χ3v) is 4.44. The molecule has 0 aliphatic rings. The number of nitrogens with zero attached hydrogens (tertiary/aromatic N) is 1. The highest BCUT2D eigenvalue weighted by atomic mass is 16.3. The van der Waals surface area contributed by atoms with Crippen LogP contribution in [0.3, 0.4) is 0 Å². The number of hydrazone groups is 1. The van der Waals surface area contributed by atoms with Crippen molar-refractivity contribution in [1.29, 1.82) is 0 Å². The Morgan fingerprint density at radius 1 is 1.04 bits per heavy atom. The summed E-state index contributed by atoms with van der Waals surface area (Å²) < 4.78 is 11.5. The van der Waals surface area contributed by atoms with E-state index in [9.17, 15) is 4.79 Å². The first-order valence-corrected chi connectivity index (χ1v) is 8.51. The summed E-state index contributed by atoms with van der Waals surface area (Å²) in [5.41, 5.74) is 5.73. The molecule has 0 unspecified atom stereocenters. The van der Waals surface area contributed by atoms with E-state index in [1.807, 2.05) is 62.4 Å². The number of fused-ring (bicyclic) bond motifs is 2. The molecule has 0 bridgehead atoms. The van der Waals surface area contributed by atoms with Gasteiger partial charge in [-0.25, -0.2) is 5.43 Å². The Morgan fingerprint density at radius 3 is 2.38 bits per heavy atom. The van der Waals surface area contributed by atoms with Gasteiger partial charge in [0.1, 0.15) is 16.9 Å². The minimum Gasteiger partial charge on any atom is -0.460 e. The summed E-state index contributed by atoms with van der Waals surface area (Å²) in [5, 5.41) is 6.02. The third-order valence-electron chi connectivity index (χ3n) is 4.44. The molecule has 0 saturated heterocycles. The van der Waals surface area contributed by atoms with E-state index in [0.29, 0.717) is 5.58 Å². The topological polar surface area (TPSA) is 67.7 Å². The van der Waals surface area contributed by atoms with Crippen molar-refractivity contribution < 1.29 is 13.6 Å². The first-order chi connectivity index (χ1) is 12.7. The van der Waals surface area contributed by atoms with Crippen molar-refractivity contribution in [3.8, 4) is 0 Å². The van der Waals surface area contributed by atoms with Crippen molar-refractivity contribution in [1.82, 2.24) is 5.43 Å². The zero-order valence-electron chi connectivity index (χ0n) is 14.6. The van der Waals surface area contributed by atoms with E-state index in [1.165, 1.54) is 0 Å². The Bertz CT molecular complexity index is 1130. The third kappa shape index (κ3) is 2.67. The molecule has 5 heteroatoms. The van der Waals surface area contributed by atoms with Gasteiger partial charge in [-0.1, -0.05) is 43.3 Å². The number of amides is 1. The molecule has 0 spiro atoms. The maximum absolute atomic E-state index is 12.4. The number of hydrogen-bond donors (Lipinski definition) is 1. The van der Waals surface area contributed by atoms with Crippen molar-refractivity contribution in [2.75, 3.05) is 0 Å². The fourth-order valence-corrected chi connectivity index (χ4v) is 3.12. The number of carbonyl (C=O) groups excluding carboxylic acids is 1. The fourth-order valence-electron chi connectivity index (χ4n) is 3.12. The summed E-state index contributed by atoms with van der Waals surface area (Å²) in [6, 6.07) is 15.3. The lowest BCUT2D eigenvalue weighted by atomic mass is 10.1. The second-order valence-electron chi connectivity index (χ2n) is 6.04. The van der Waals surface area contributed by atoms with Gasteiger partial charge >= 0.3 is 5.91 Å². The first kappa shape index (κ1) is 16.1. The van der Waals surface area contributed by atoms with Crippen LogP contribution in [0, 0.1) is 6.92 Å². The van der Waals surface area contributed by atoms with Gasteiger partial charge in [-0.2, -0.15) is 5.10 Å². The van der Waals surface area contributed by atoms with Crippen LogP contribution in [0.1, 0.15) is 34.4 Å². The highest BCUT2D eigenvalue weighted by Crippen LogP contribution is 2.26. The number of hydrogen-bond acceptors (Lipinski definition) is 4. The summed E-state index contributed by atoms with van der Waals surface area (Å²) in [5.74, 6) is 0.737. The zero-order chi connectivity index (χ0) is 18.1. The predicted molar refractivity (Wildman–Crippen MR) is 102 cm³/mol. The van der Waals surface area contributed by atoms with E-state index in [-0.39, 0.29) is 11.7 Å². The lowest BCUT2D eigenvalue weighted by Gasteiger charge is -1.98. The lowest BCUT2D eigenvalue weighted by molar-refractivity contribution is 0.0929. The molecular formula is C21H18N2O3. The van der Waals surface area contributed by atoms with Crippen LogP contribution >= 0.6 is 0 Å². The van der Waals surface area contributed by atoms with Gasteiger partial charge in [-0.15, -0.1) is 0 Å². The van der Waals surface area contributed by atoms with E-state index in [0.717, 1.165) is 39.7 Å². The second-order valence-corrected chi connectivity index (χ2v) is 6.04. The van der Waals surface area contributed by atoms with Gasteiger partial charge < -0.3 is 8.83 Å². The highest BCUT2D eigenvalue weighted by Gasteiger charge is 2.17. The Balaban J connectivity index is 1.60. The van der Waals surface area contributed by atoms with Crippen LogP contribution in [0.15, 0.2) is 62.5 Å². The van der Waals surface area contributed by atoms with Crippen molar-refractivity contribution in [2.45, 2.75) is 20.3 Å². The fraction of sp³-hybridized carbons (Fsp3) is 0.143. The first-order valence-electron chi connectivity index (χ1n) is 8.51. The average molecular weight is 346 g/mol. The van der Waals surface area contributed by atoms with E-state index < -0.39 is 0 Å². The summed E-state index contributed by atoms with van der Waals surface area (Å²) in [6.07, 6.45) is 2.37. The summed E-state index contributed by atoms with van der Waals surface area (Å²) in [7, 11) is 0. The molecule has 130 valence electrons. The number of benzene rings is 2. The van der Waals surface area contributed by atoms with Crippen LogP contribution in [0.4, 0.5) is 0 Å². The molecular weight excluding hydrogens is 328 g/mol. The monoisotopic (exact) mass is 346 g/mol. The van der Waals surface area contributed by atoms with Gasteiger partial charge in [0.15, 0.2) is 5.76 Å². The van der Waals surface area contributed by atoms with Crippen LogP contribution < -0.4 is 5.43 Å². The molecule has 2 aromatic heterocycles. The van der Waals surface area contributed by atoms with Crippen molar-refractivity contribution in [3.63, 3.8) is 0 Å². The highest BCUT2D eigenvalue weighted by molar-refractivity contribution is 6.01. The second kappa shape index (κ2) is 6.52. The van der Waals surface area contributed by atoms with E-state index in [2.05, 4.69) is 10.5 Å².